The summed E-state index contributed by atoms with van der Waals surface area (Å²) in [5.74, 6) is 0. The number of hydrogen-bond donors (Lipinski definition) is 1. The van der Waals surface area contributed by atoms with Crippen LogP contribution in [0.1, 0.15) is 5.56 Å². The lowest BCUT2D eigenvalue weighted by molar-refractivity contribution is 0.994. The highest BCUT2D eigenvalue weighted by Gasteiger charge is 2.21. The van der Waals surface area contributed by atoms with Crippen LogP contribution in [0.4, 0.5) is 11.4 Å². The van der Waals surface area contributed by atoms with Crippen LogP contribution in [0.25, 0.3) is 0 Å². The number of nitrogens with zero attached hydrogens (tertiary/aromatic N) is 2. The predicted octanol–water partition coefficient (Wildman–Crippen LogP) is 2.11. The van der Waals surface area contributed by atoms with Gasteiger partial charge in [-0.25, -0.2) is 0 Å². The number of rotatable bonds is 0. The van der Waals surface area contributed by atoms with E-state index in [2.05, 4.69) is 40.3 Å². The second-order valence-corrected chi connectivity index (χ2v) is 3.62. The fraction of sp³-hybridized carbons (Fsp3) is 0.182. The molecule has 2 aliphatic heterocycles. The SMILES string of the molecule is Cc1ccc2c(c1)NC=C1C=NCN12. The van der Waals surface area contributed by atoms with Gasteiger partial charge in [0.15, 0.2) is 0 Å². The van der Waals surface area contributed by atoms with E-state index in [1.54, 1.807) is 0 Å². The molecule has 0 atom stereocenters. The lowest BCUT2D eigenvalue weighted by atomic mass is 10.1. The van der Waals surface area contributed by atoms with Crippen molar-refractivity contribution in [2.45, 2.75) is 6.92 Å². The van der Waals surface area contributed by atoms with E-state index in [1.165, 1.54) is 16.9 Å². The van der Waals surface area contributed by atoms with Crippen LogP contribution in [-0.4, -0.2) is 12.9 Å². The Kier molecular flexibility index (Phi) is 1.42. The van der Waals surface area contributed by atoms with Gasteiger partial charge in [0.25, 0.3) is 0 Å². The lowest BCUT2D eigenvalue weighted by Gasteiger charge is -2.26. The Morgan fingerprint density at radius 3 is 3.29 bits per heavy atom. The van der Waals surface area contributed by atoms with Crippen molar-refractivity contribution in [3.05, 3.63) is 35.7 Å². The standard InChI is InChI=1S/C11H11N3/c1-8-2-3-11-10(4-8)13-6-9-5-12-7-14(9)11/h2-6,13H,7H2,1H3. The maximum Gasteiger partial charge on any atom is 0.115 e. The molecule has 3 heteroatoms. The summed E-state index contributed by atoms with van der Waals surface area (Å²) in [6.07, 6.45) is 3.90. The summed E-state index contributed by atoms with van der Waals surface area (Å²) >= 11 is 0. The molecule has 0 saturated carbocycles. The van der Waals surface area contributed by atoms with Crippen molar-refractivity contribution in [2.24, 2.45) is 4.99 Å². The number of aryl methyl sites for hydroxylation is 1. The summed E-state index contributed by atoms with van der Waals surface area (Å²) in [5.41, 5.74) is 4.79. The first-order valence-electron chi connectivity index (χ1n) is 4.69. The summed E-state index contributed by atoms with van der Waals surface area (Å²) in [6, 6.07) is 6.42. The van der Waals surface area contributed by atoms with Crippen molar-refractivity contribution >= 4 is 17.6 Å². The molecule has 2 aliphatic rings. The zero-order chi connectivity index (χ0) is 9.54. The molecule has 0 fully saturated rings. The summed E-state index contributed by atoms with van der Waals surface area (Å²) < 4.78 is 0. The normalized spacial score (nSPS) is 17.2. The van der Waals surface area contributed by atoms with Gasteiger partial charge in [0.1, 0.15) is 6.67 Å². The first kappa shape index (κ1) is 7.62. The molecular formula is C11H11N3. The summed E-state index contributed by atoms with van der Waals surface area (Å²) in [4.78, 5) is 6.44. The van der Waals surface area contributed by atoms with E-state index in [4.69, 9.17) is 0 Å². The van der Waals surface area contributed by atoms with Gasteiger partial charge in [-0.05, 0) is 24.6 Å². The Morgan fingerprint density at radius 2 is 2.36 bits per heavy atom. The average molecular weight is 185 g/mol. The molecule has 0 unspecified atom stereocenters. The van der Waals surface area contributed by atoms with E-state index in [9.17, 15) is 0 Å². The fourth-order valence-corrected chi connectivity index (χ4v) is 1.85. The molecule has 3 nitrogen and oxygen atoms in total. The molecule has 14 heavy (non-hydrogen) atoms. The first-order valence-corrected chi connectivity index (χ1v) is 4.69. The molecule has 2 heterocycles. The first-order chi connectivity index (χ1) is 6.84. The predicted molar refractivity (Wildman–Crippen MR) is 58.7 cm³/mol. The number of nitrogens with one attached hydrogen (secondary N) is 1. The van der Waals surface area contributed by atoms with E-state index < -0.39 is 0 Å². The Balaban J connectivity index is 2.12. The van der Waals surface area contributed by atoms with Crippen LogP contribution in [0.2, 0.25) is 0 Å². The van der Waals surface area contributed by atoms with Crippen molar-refractivity contribution < 1.29 is 0 Å². The molecular weight excluding hydrogens is 174 g/mol. The van der Waals surface area contributed by atoms with Gasteiger partial charge >= 0.3 is 0 Å². The quantitative estimate of drug-likeness (QED) is 0.670. The fourth-order valence-electron chi connectivity index (χ4n) is 1.85. The Labute approximate surface area is 82.8 Å². The highest BCUT2D eigenvalue weighted by Crippen LogP contribution is 2.34. The third kappa shape index (κ3) is 0.954. The van der Waals surface area contributed by atoms with Crippen LogP contribution >= 0.6 is 0 Å². The van der Waals surface area contributed by atoms with Crippen LogP contribution in [0.3, 0.4) is 0 Å². The van der Waals surface area contributed by atoms with Gasteiger partial charge in [-0.3, -0.25) is 4.99 Å². The third-order valence-electron chi connectivity index (χ3n) is 2.58. The molecule has 0 aromatic heterocycles. The maximum atomic E-state index is 4.24. The van der Waals surface area contributed by atoms with Crippen molar-refractivity contribution in [1.29, 1.82) is 0 Å². The number of fused-ring (bicyclic) bond motifs is 3. The van der Waals surface area contributed by atoms with Gasteiger partial charge in [0.2, 0.25) is 0 Å². The molecule has 1 aromatic carbocycles. The number of hydrogen-bond acceptors (Lipinski definition) is 3. The topological polar surface area (TPSA) is 27.6 Å². The minimum absolute atomic E-state index is 0.740. The second kappa shape index (κ2) is 2.61. The highest BCUT2D eigenvalue weighted by molar-refractivity contribution is 5.93. The molecule has 0 aliphatic carbocycles. The number of aliphatic imine (C=N–C) groups is 1. The van der Waals surface area contributed by atoms with Crippen LogP contribution in [0.5, 0.6) is 0 Å². The zero-order valence-corrected chi connectivity index (χ0v) is 7.99. The number of benzene rings is 1. The summed E-state index contributed by atoms with van der Waals surface area (Å²) in [6.45, 7) is 2.84. The molecule has 70 valence electrons. The van der Waals surface area contributed by atoms with Gasteiger partial charge in [-0.15, -0.1) is 0 Å². The minimum atomic E-state index is 0.740. The smallest absolute Gasteiger partial charge is 0.115 e. The van der Waals surface area contributed by atoms with Gasteiger partial charge in [0, 0.05) is 12.4 Å². The van der Waals surface area contributed by atoms with Gasteiger partial charge < -0.3 is 10.2 Å². The van der Waals surface area contributed by atoms with Crippen molar-refractivity contribution in [3.8, 4) is 0 Å². The Hall–Kier alpha value is -1.77. The van der Waals surface area contributed by atoms with Crippen molar-refractivity contribution in [3.63, 3.8) is 0 Å². The number of anilines is 2. The molecule has 0 saturated heterocycles. The molecule has 0 amide bonds. The monoisotopic (exact) mass is 185 g/mol. The van der Waals surface area contributed by atoms with Crippen LogP contribution in [0.15, 0.2) is 35.1 Å². The van der Waals surface area contributed by atoms with E-state index in [1.807, 2.05) is 12.4 Å². The Bertz CT molecular complexity index is 446. The van der Waals surface area contributed by atoms with E-state index >= 15 is 0 Å². The van der Waals surface area contributed by atoms with E-state index in [0.29, 0.717) is 0 Å². The maximum absolute atomic E-state index is 4.24. The Morgan fingerprint density at radius 1 is 1.43 bits per heavy atom. The van der Waals surface area contributed by atoms with E-state index in [-0.39, 0.29) is 0 Å². The zero-order valence-electron chi connectivity index (χ0n) is 7.99. The molecule has 0 radical (unpaired) electrons. The van der Waals surface area contributed by atoms with Crippen LogP contribution in [0, 0.1) is 6.92 Å². The summed E-state index contributed by atoms with van der Waals surface area (Å²) in [7, 11) is 0. The molecule has 0 bridgehead atoms. The highest BCUT2D eigenvalue weighted by atomic mass is 15.3. The third-order valence-corrected chi connectivity index (χ3v) is 2.58. The molecule has 0 spiro atoms. The van der Waals surface area contributed by atoms with Crippen molar-refractivity contribution in [1.82, 2.24) is 0 Å². The molecule has 1 aromatic rings. The van der Waals surface area contributed by atoms with Crippen LogP contribution in [-0.2, 0) is 0 Å². The summed E-state index contributed by atoms with van der Waals surface area (Å²) in [5, 5.41) is 3.28. The van der Waals surface area contributed by atoms with Gasteiger partial charge in [-0.1, -0.05) is 6.07 Å². The molecule has 3 rings (SSSR count). The van der Waals surface area contributed by atoms with Crippen LogP contribution < -0.4 is 10.2 Å². The van der Waals surface area contributed by atoms with E-state index in [0.717, 1.165) is 12.4 Å². The van der Waals surface area contributed by atoms with Gasteiger partial charge in [0.05, 0.1) is 17.1 Å². The molecule has 1 N–H and O–H groups in total. The second-order valence-electron chi connectivity index (χ2n) is 3.62. The minimum Gasteiger partial charge on any atom is -0.358 e. The average Bonchev–Trinajstić information content (AvgIpc) is 2.65. The lowest BCUT2D eigenvalue weighted by Crippen LogP contribution is -2.23. The van der Waals surface area contributed by atoms with Gasteiger partial charge in [-0.2, -0.15) is 0 Å². The van der Waals surface area contributed by atoms with Crippen molar-refractivity contribution in [2.75, 3.05) is 16.9 Å². The largest absolute Gasteiger partial charge is 0.358 e. The number of allylic oxidation sites excluding steroid dienone is 1.